The fourth-order valence-corrected chi connectivity index (χ4v) is 2.09. The van der Waals surface area contributed by atoms with Gasteiger partial charge in [0, 0.05) is 0 Å². The zero-order valence-corrected chi connectivity index (χ0v) is 12.6. The number of ether oxygens (including phenoxy) is 1. The van der Waals surface area contributed by atoms with Gasteiger partial charge in [0.15, 0.2) is 0 Å². The monoisotopic (exact) mass is 278 g/mol. The van der Waals surface area contributed by atoms with Gasteiger partial charge in [-0.1, -0.05) is 12.7 Å². The standard InChI is InChI=1S/C15H20BFO3/c1-7-11-12(17)8-10(9-13(11)18-6)16-19-14(2,3)15(4,5)20-16/h7-9H,1H2,2-6H3. The molecule has 1 aliphatic rings. The van der Waals surface area contributed by atoms with Crippen LogP contribution >= 0.6 is 0 Å². The largest absolute Gasteiger partial charge is 0.496 e. The third-order valence-electron chi connectivity index (χ3n) is 4.06. The van der Waals surface area contributed by atoms with E-state index in [1.807, 2.05) is 27.7 Å². The van der Waals surface area contributed by atoms with Crippen molar-refractivity contribution in [2.45, 2.75) is 38.9 Å². The van der Waals surface area contributed by atoms with Crippen molar-refractivity contribution in [1.82, 2.24) is 0 Å². The Kier molecular flexibility index (Phi) is 3.69. The zero-order chi connectivity index (χ0) is 15.1. The second-order valence-corrected chi connectivity index (χ2v) is 5.91. The van der Waals surface area contributed by atoms with Gasteiger partial charge in [0.05, 0.1) is 23.9 Å². The number of hydrogen-bond acceptors (Lipinski definition) is 3. The molecule has 2 rings (SSSR count). The third-order valence-corrected chi connectivity index (χ3v) is 4.06. The Labute approximate surface area is 119 Å². The van der Waals surface area contributed by atoms with Gasteiger partial charge in [-0.15, -0.1) is 0 Å². The van der Waals surface area contributed by atoms with E-state index in [2.05, 4.69) is 6.58 Å². The summed E-state index contributed by atoms with van der Waals surface area (Å²) in [5, 5.41) is 0. The number of methoxy groups -OCH3 is 1. The Morgan fingerprint density at radius 2 is 1.75 bits per heavy atom. The number of rotatable bonds is 3. The van der Waals surface area contributed by atoms with Gasteiger partial charge in [0.1, 0.15) is 11.6 Å². The SMILES string of the molecule is C=Cc1c(F)cc(B2OC(C)(C)C(C)(C)O2)cc1OC. The first-order valence-corrected chi connectivity index (χ1v) is 6.57. The van der Waals surface area contributed by atoms with Crippen molar-refractivity contribution in [1.29, 1.82) is 0 Å². The second kappa shape index (κ2) is 4.90. The van der Waals surface area contributed by atoms with Crippen molar-refractivity contribution in [3.63, 3.8) is 0 Å². The van der Waals surface area contributed by atoms with Gasteiger partial charge in [0.2, 0.25) is 0 Å². The van der Waals surface area contributed by atoms with Crippen molar-refractivity contribution < 1.29 is 18.4 Å². The lowest BCUT2D eigenvalue weighted by Crippen LogP contribution is -2.41. The molecule has 0 unspecified atom stereocenters. The topological polar surface area (TPSA) is 27.7 Å². The molecule has 0 bridgehead atoms. The van der Waals surface area contributed by atoms with Gasteiger partial charge in [-0.25, -0.2) is 4.39 Å². The summed E-state index contributed by atoms with van der Waals surface area (Å²) in [7, 11) is 0.887. The summed E-state index contributed by atoms with van der Waals surface area (Å²) >= 11 is 0. The molecular formula is C15H20BFO3. The molecule has 1 heterocycles. The predicted octanol–water partition coefficient (Wildman–Crippen LogP) is 2.78. The molecule has 1 aromatic rings. The molecule has 0 N–H and O–H groups in total. The molecule has 0 atom stereocenters. The van der Waals surface area contributed by atoms with Crippen molar-refractivity contribution >= 4 is 18.7 Å². The van der Waals surface area contributed by atoms with Gasteiger partial charge < -0.3 is 14.0 Å². The summed E-state index contributed by atoms with van der Waals surface area (Å²) in [6.07, 6.45) is 1.43. The lowest BCUT2D eigenvalue weighted by Gasteiger charge is -2.32. The van der Waals surface area contributed by atoms with Crippen LogP contribution in [0.25, 0.3) is 6.08 Å². The van der Waals surface area contributed by atoms with E-state index >= 15 is 0 Å². The first-order chi connectivity index (χ1) is 9.21. The van der Waals surface area contributed by atoms with Crippen LogP contribution in [0.3, 0.4) is 0 Å². The highest BCUT2D eigenvalue weighted by Crippen LogP contribution is 2.37. The second-order valence-electron chi connectivity index (χ2n) is 5.91. The van der Waals surface area contributed by atoms with Crippen molar-refractivity contribution in [3.8, 4) is 5.75 Å². The highest BCUT2D eigenvalue weighted by atomic mass is 19.1. The third kappa shape index (κ3) is 2.36. The number of benzene rings is 1. The van der Waals surface area contributed by atoms with E-state index in [-0.39, 0.29) is 0 Å². The summed E-state index contributed by atoms with van der Waals surface area (Å²) in [5.41, 5.74) is 0.0214. The van der Waals surface area contributed by atoms with Gasteiger partial charge >= 0.3 is 7.12 Å². The molecule has 20 heavy (non-hydrogen) atoms. The highest BCUT2D eigenvalue weighted by molar-refractivity contribution is 6.62. The van der Waals surface area contributed by atoms with Gasteiger partial charge in [0.25, 0.3) is 0 Å². The Balaban J connectivity index is 2.41. The minimum absolute atomic E-state index is 0.341. The molecule has 0 aromatic heterocycles. The van der Waals surface area contributed by atoms with Crippen LogP contribution in [-0.2, 0) is 9.31 Å². The van der Waals surface area contributed by atoms with E-state index in [4.69, 9.17) is 14.0 Å². The Bertz CT molecular complexity index is 524. The lowest BCUT2D eigenvalue weighted by atomic mass is 9.78. The molecule has 3 nitrogen and oxygen atoms in total. The summed E-state index contributed by atoms with van der Waals surface area (Å²) in [5.74, 6) is 0.0220. The molecule has 0 spiro atoms. The van der Waals surface area contributed by atoms with Crippen LogP contribution in [0.15, 0.2) is 18.7 Å². The molecule has 0 radical (unpaired) electrons. The van der Waals surface area contributed by atoms with E-state index in [0.717, 1.165) is 0 Å². The summed E-state index contributed by atoms with van der Waals surface area (Å²) < 4.78 is 31.1. The normalized spacial score (nSPS) is 20.0. The molecule has 0 amide bonds. The lowest BCUT2D eigenvalue weighted by molar-refractivity contribution is 0.00578. The maximum atomic E-state index is 14.1. The minimum Gasteiger partial charge on any atom is -0.496 e. The average molecular weight is 278 g/mol. The Hall–Kier alpha value is -1.33. The van der Waals surface area contributed by atoms with Crippen molar-refractivity contribution in [3.05, 3.63) is 30.1 Å². The van der Waals surface area contributed by atoms with Crippen molar-refractivity contribution in [2.24, 2.45) is 0 Å². The maximum Gasteiger partial charge on any atom is 0.495 e. The fourth-order valence-electron chi connectivity index (χ4n) is 2.09. The molecule has 1 saturated heterocycles. The molecule has 1 fully saturated rings. The van der Waals surface area contributed by atoms with Gasteiger partial charge in [-0.3, -0.25) is 0 Å². The first kappa shape index (κ1) is 15.1. The quantitative estimate of drug-likeness (QED) is 0.796. The minimum atomic E-state index is -0.609. The van der Waals surface area contributed by atoms with Crippen LogP contribution in [0, 0.1) is 5.82 Å². The van der Waals surface area contributed by atoms with Crippen LogP contribution in [0.1, 0.15) is 33.3 Å². The van der Waals surface area contributed by atoms with Crippen LogP contribution < -0.4 is 10.2 Å². The summed E-state index contributed by atoms with van der Waals surface area (Å²) in [6.45, 7) is 11.4. The molecular weight excluding hydrogens is 258 g/mol. The predicted molar refractivity (Wildman–Crippen MR) is 78.8 cm³/mol. The summed E-state index contributed by atoms with van der Waals surface area (Å²) in [6, 6.07) is 3.13. The Morgan fingerprint density at radius 1 is 1.20 bits per heavy atom. The van der Waals surface area contributed by atoms with E-state index in [1.165, 1.54) is 19.3 Å². The maximum absolute atomic E-state index is 14.1. The average Bonchev–Trinajstić information content (AvgIpc) is 2.57. The van der Waals surface area contributed by atoms with E-state index in [1.54, 1.807) is 6.07 Å². The van der Waals surface area contributed by atoms with E-state index in [0.29, 0.717) is 16.8 Å². The number of hydrogen-bond donors (Lipinski definition) is 0. The van der Waals surface area contributed by atoms with Crippen LogP contribution in [-0.4, -0.2) is 25.4 Å². The van der Waals surface area contributed by atoms with E-state index in [9.17, 15) is 4.39 Å². The molecule has 1 aliphatic heterocycles. The number of halogens is 1. The van der Waals surface area contributed by atoms with Crippen LogP contribution in [0.5, 0.6) is 5.75 Å². The smallest absolute Gasteiger partial charge is 0.495 e. The van der Waals surface area contributed by atoms with Crippen LogP contribution in [0.2, 0.25) is 0 Å². The molecule has 5 heteroatoms. The van der Waals surface area contributed by atoms with Crippen LogP contribution in [0.4, 0.5) is 4.39 Å². The van der Waals surface area contributed by atoms with Crippen molar-refractivity contribution in [2.75, 3.05) is 7.11 Å². The van der Waals surface area contributed by atoms with E-state index < -0.39 is 24.1 Å². The summed E-state index contributed by atoms with van der Waals surface area (Å²) in [4.78, 5) is 0. The highest BCUT2D eigenvalue weighted by Gasteiger charge is 2.51. The Morgan fingerprint density at radius 3 is 2.20 bits per heavy atom. The molecule has 0 aliphatic carbocycles. The molecule has 108 valence electrons. The zero-order valence-electron chi connectivity index (χ0n) is 12.6. The first-order valence-electron chi connectivity index (χ1n) is 6.57. The fraction of sp³-hybridized carbons (Fsp3) is 0.467. The molecule has 0 saturated carbocycles. The van der Waals surface area contributed by atoms with Gasteiger partial charge in [-0.05, 0) is 45.3 Å². The van der Waals surface area contributed by atoms with Gasteiger partial charge in [-0.2, -0.15) is 0 Å². The molecule has 1 aromatic carbocycles.